The lowest BCUT2D eigenvalue weighted by atomic mass is 10.3. The van der Waals surface area contributed by atoms with Crippen molar-refractivity contribution in [1.29, 1.82) is 0 Å². The van der Waals surface area contributed by atoms with Crippen molar-refractivity contribution >= 4 is 35.0 Å². The van der Waals surface area contributed by atoms with Gasteiger partial charge in [0, 0.05) is 16.5 Å². The molecule has 1 aliphatic rings. The predicted octanol–water partition coefficient (Wildman–Crippen LogP) is 3.91. The van der Waals surface area contributed by atoms with Crippen LogP contribution in [0.3, 0.4) is 0 Å². The zero-order valence-electron chi connectivity index (χ0n) is 12.9. The average Bonchev–Trinajstić information content (AvgIpc) is 3.41. The van der Waals surface area contributed by atoms with E-state index in [4.69, 9.17) is 0 Å². The second-order valence-electron chi connectivity index (χ2n) is 5.60. The summed E-state index contributed by atoms with van der Waals surface area (Å²) >= 11 is 1.35. The lowest BCUT2D eigenvalue weighted by Crippen LogP contribution is -2.15. The summed E-state index contributed by atoms with van der Waals surface area (Å²) < 4.78 is 13.5. The zero-order valence-corrected chi connectivity index (χ0v) is 13.7. The molecule has 1 saturated carbocycles. The molecule has 124 valence electrons. The van der Waals surface area contributed by atoms with Crippen LogP contribution in [0.4, 0.5) is 15.8 Å². The zero-order chi connectivity index (χ0) is 16.9. The maximum Gasteiger partial charge on any atom is 0.234 e. The summed E-state index contributed by atoms with van der Waals surface area (Å²) in [6.45, 7) is 0. The molecule has 2 N–H and O–H groups in total. The number of hydrogen-bond donors (Lipinski definition) is 2. The van der Waals surface area contributed by atoms with E-state index in [1.54, 1.807) is 12.1 Å². The maximum absolute atomic E-state index is 13.5. The summed E-state index contributed by atoms with van der Waals surface area (Å²) in [5.74, 6) is -0.300. The Kier molecular flexibility index (Phi) is 5.15. The Labute approximate surface area is 143 Å². The quantitative estimate of drug-likeness (QED) is 0.781. The molecule has 6 heteroatoms. The van der Waals surface area contributed by atoms with E-state index in [1.165, 1.54) is 23.9 Å². The molecule has 0 spiro atoms. The summed E-state index contributed by atoms with van der Waals surface area (Å²) in [5.41, 5.74) is 0.938. The summed E-state index contributed by atoms with van der Waals surface area (Å²) in [4.78, 5) is 24.5. The first-order valence-corrected chi connectivity index (χ1v) is 8.68. The Morgan fingerprint density at radius 3 is 2.42 bits per heavy atom. The first kappa shape index (κ1) is 16.5. The molecule has 4 nitrogen and oxygen atoms in total. The number of carbonyl (C=O) groups is 2. The van der Waals surface area contributed by atoms with Crippen molar-refractivity contribution in [3.8, 4) is 0 Å². The van der Waals surface area contributed by atoms with Gasteiger partial charge in [-0.2, -0.15) is 0 Å². The van der Waals surface area contributed by atoms with E-state index < -0.39 is 5.82 Å². The molecule has 0 bridgehead atoms. The monoisotopic (exact) mass is 344 g/mol. The van der Waals surface area contributed by atoms with Crippen molar-refractivity contribution in [3.05, 3.63) is 54.3 Å². The number of amides is 2. The first-order chi connectivity index (χ1) is 11.6. The molecule has 0 aromatic heterocycles. The molecular formula is C18H17FN2O2S. The van der Waals surface area contributed by atoms with Gasteiger partial charge in [0.05, 0.1) is 11.4 Å². The molecular weight excluding hydrogens is 327 g/mol. The fourth-order valence-electron chi connectivity index (χ4n) is 2.12. The van der Waals surface area contributed by atoms with Crippen LogP contribution in [0.5, 0.6) is 0 Å². The van der Waals surface area contributed by atoms with Crippen LogP contribution in [0, 0.1) is 11.7 Å². The highest BCUT2D eigenvalue weighted by Gasteiger charge is 2.29. The molecule has 0 aliphatic heterocycles. The summed E-state index contributed by atoms with van der Waals surface area (Å²) in [6.07, 6.45) is 1.94. The number of para-hydroxylation sites is 1. The van der Waals surface area contributed by atoms with E-state index in [0.717, 1.165) is 23.4 Å². The Morgan fingerprint density at radius 1 is 1.04 bits per heavy atom. The maximum atomic E-state index is 13.5. The van der Waals surface area contributed by atoms with Gasteiger partial charge in [-0.25, -0.2) is 4.39 Å². The Bertz CT molecular complexity index is 745. The van der Waals surface area contributed by atoms with Gasteiger partial charge in [-0.05, 0) is 49.2 Å². The van der Waals surface area contributed by atoms with Gasteiger partial charge in [0.2, 0.25) is 11.8 Å². The van der Waals surface area contributed by atoms with Gasteiger partial charge in [-0.15, -0.1) is 11.8 Å². The van der Waals surface area contributed by atoms with Crippen molar-refractivity contribution in [2.75, 3.05) is 16.4 Å². The average molecular weight is 344 g/mol. The second kappa shape index (κ2) is 7.49. The van der Waals surface area contributed by atoms with Crippen molar-refractivity contribution in [2.24, 2.45) is 5.92 Å². The highest BCUT2D eigenvalue weighted by Crippen LogP contribution is 2.30. The number of thioether (sulfide) groups is 1. The molecule has 0 atom stereocenters. The Morgan fingerprint density at radius 2 is 1.75 bits per heavy atom. The van der Waals surface area contributed by atoms with Crippen LogP contribution in [-0.2, 0) is 9.59 Å². The standard InChI is InChI=1S/C18H17FN2O2S/c19-15-3-1-2-4-16(15)21-17(22)11-24-14-9-7-13(8-10-14)20-18(23)12-5-6-12/h1-4,7-10,12H,5-6,11H2,(H,20,23)(H,21,22). The summed E-state index contributed by atoms with van der Waals surface area (Å²) in [7, 11) is 0. The Balaban J connectivity index is 1.48. The number of rotatable bonds is 6. The van der Waals surface area contributed by atoms with Crippen LogP contribution in [0.1, 0.15) is 12.8 Å². The molecule has 0 saturated heterocycles. The number of carbonyl (C=O) groups excluding carboxylic acids is 2. The summed E-state index contributed by atoms with van der Waals surface area (Å²) in [6, 6.07) is 13.4. The van der Waals surface area contributed by atoms with Gasteiger partial charge >= 0.3 is 0 Å². The fraction of sp³-hybridized carbons (Fsp3) is 0.222. The highest BCUT2D eigenvalue weighted by atomic mass is 32.2. The first-order valence-electron chi connectivity index (χ1n) is 7.70. The van der Waals surface area contributed by atoms with Crippen molar-refractivity contribution < 1.29 is 14.0 Å². The van der Waals surface area contributed by atoms with E-state index in [2.05, 4.69) is 10.6 Å². The van der Waals surface area contributed by atoms with E-state index in [1.807, 2.05) is 24.3 Å². The molecule has 3 rings (SSSR count). The number of benzene rings is 2. The Hall–Kier alpha value is -2.34. The molecule has 24 heavy (non-hydrogen) atoms. The number of halogens is 1. The lowest BCUT2D eigenvalue weighted by molar-refractivity contribution is -0.117. The molecule has 1 fully saturated rings. The molecule has 0 unspecified atom stereocenters. The third-order valence-corrected chi connectivity index (χ3v) is 4.60. The summed E-state index contributed by atoms with van der Waals surface area (Å²) in [5, 5.41) is 5.41. The fourth-order valence-corrected chi connectivity index (χ4v) is 2.82. The minimum Gasteiger partial charge on any atom is -0.326 e. The van der Waals surface area contributed by atoms with Crippen LogP contribution in [-0.4, -0.2) is 17.6 Å². The SMILES string of the molecule is O=C(CSc1ccc(NC(=O)C2CC2)cc1)Nc1ccccc1F. The van der Waals surface area contributed by atoms with Crippen LogP contribution < -0.4 is 10.6 Å². The lowest BCUT2D eigenvalue weighted by Gasteiger charge is -2.07. The minimum absolute atomic E-state index is 0.0691. The molecule has 0 radical (unpaired) electrons. The predicted molar refractivity (Wildman–Crippen MR) is 93.5 cm³/mol. The largest absolute Gasteiger partial charge is 0.326 e. The molecule has 1 aliphatic carbocycles. The van der Waals surface area contributed by atoms with Crippen LogP contribution in [0.2, 0.25) is 0 Å². The normalized spacial score (nSPS) is 13.4. The van der Waals surface area contributed by atoms with Crippen molar-refractivity contribution in [3.63, 3.8) is 0 Å². The highest BCUT2D eigenvalue weighted by molar-refractivity contribution is 8.00. The van der Waals surface area contributed by atoms with Gasteiger partial charge in [0.25, 0.3) is 0 Å². The third-order valence-electron chi connectivity index (χ3n) is 3.59. The van der Waals surface area contributed by atoms with Crippen LogP contribution in [0.25, 0.3) is 0 Å². The molecule has 2 aromatic carbocycles. The van der Waals surface area contributed by atoms with Crippen LogP contribution in [0.15, 0.2) is 53.4 Å². The van der Waals surface area contributed by atoms with E-state index in [9.17, 15) is 14.0 Å². The van der Waals surface area contributed by atoms with Gasteiger partial charge in [0.1, 0.15) is 5.82 Å². The van der Waals surface area contributed by atoms with E-state index >= 15 is 0 Å². The number of anilines is 2. The van der Waals surface area contributed by atoms with Crippen LogP contribution >= 0.6 is 11.8 Å². The van der Waals surface area contributed by atoms with Crippen molar-refractivity contribution in [2.45, 2.75) is 17.7 Å². The minimum atomic E-state index is -0.452. The molecule has 2 aromatic rings. The van der Waals surface area contributed by atoms with Gasteiger partial charge in [-0.3, -0.25) is 9.59 Å². The van der Waals surface area contributed by atoms with Gasteiger partial charge in [-0.1, -0.05) is 12.1 Å². The molecule has 2 amide bonds. The topological polar surface area (TPSA) is 58.2 Å². The third kappa shape index (κ3) is 4.58. The van der Waals surface area contributed by atoms with E-state index in [0.29, 0.717) is 0 Å². The van der Waals surface area contributed by atoms with Gasteiger partial charge < -0.3 is 10.6 Å². The number of nitrogens with one attached hydrogen (secondary N) is 2. The molecule has 0 heterocycles. The smallest absolute Gasteiger partial charge is 0.234 e. The van der Waals surface area contributed by atoms with E-state index in [-0.39, 0.29) is 29.2 Å². The van der Waals surface area contributed by atoms with Gasteiger partial charge in [0.15, 0.2) is 0 Å². The number of hydrogen-bond acceptors (Lipinski definition) is 3. The second-order valence-corrected chi connectivity index (χ2v) is 6.65. The van der Waals surface area contributed by atoms with Crippen molar-refractivity contribution in [1.82, 2.24) is 0 Å².